The van der Waals surface area contributed by atoms with Crippen LogP contribution in [0.2, 0.25) is 0 Å². The van der Waals surface area contributed by atoms with E-state index in [-0.39, 0.29) is 11.5 Å². The van der Waals surface area contributed by atoms with Gasteiger partial charge in [0, 0.05) is 61.5 Å². The summed E-state index contributed by atoms with van der Waals surface area (Å²) in [5.41, 5.74) is 8.89. The average molecular weight is 480 g/mol. The highest BCUT2D eigenvalue weighted by Gasteiger charge is 2.24. The van der Waals surface area contributed by atoms with E-state index in [0.29, 0.717) is 61.1 Å². The molecule has 0 bridgehead atoms. The van der Waals surface area contributed by atoms with Gasteiger partial charge < -0.3 is 20.3 Å². The largest absolute Gasteiger partial charge is 0.492 e. The van der Waals surface area contributed by atoms with Crippen LogP contribution in [-0.4, -0.2) is 58.5 Å². The van der Waals surface area contributed by atoms with Gasteiger partial charge in [-0.15, -0.1) is 6.42 Å². The van der Waals surface area contributed by atoms with Crippen LogP contribution in [0, 0.1) is 23.7 Å². The Balaban J connectivity index is 1.48. The van der Waals surface area contributed by atoms with Crippen molar-refractivity contribution in [2.24, 2.45) is 5.73 Å². The Kier molecular flexibility index (Phi) is 7.42. The van der Waals surface area contributed by atoms with Crippen molar-refractivity contribution >= 4 is 17.3 Å². The highest BCUT2D eigenvalue weighted by atomic mass is 16.5. The number of ether oxygens (including phenoxy) is 1. The highest BCUT2D eigenvalue weighted by Crippen LogP contribution is 2.31. The molecule has 1 aliphatic heterocycles. The number of hydrogen-bond acceptors (Lipinski definition) is 8. The molecule has 1 amide bonds. The molecule has 4 heterocycles. The van der Waals surface area contributed by atoms with Crippen LogP contribution in [0.25, 0.3) is 16.7 Å². The van der Waals surface area contributed by atoms with Crippen molar-refractivity contribution in [1.82, 2.24) is 19.9 Å². The van der Waals surface area contributed by atoms with E-state index in [4.69, 9.17) is 16.9 Å². The van der Waals surface area contributed by atoms with Crippen molar-refractivity contribution < 1.29 is 9.53 Å². The summed E-state index contributed by atoms with van der Waals surface area (Å²) in [4.78, 5) is 29.9. The number of allylic oxidation sites excluding steroid dienone is 1. The summed E-state index contributed by atoms with van der Waals surface area (Å²) in [6.45, 7) is 4.78. The lowest BCUT2D eigenvalue weighted by molar-refractivity contribution is 0.0740. The monoisotopic (exact) mass is 479 g/mol. The Labute approximate surface area is 209 Å². The molecular weight excluding hydrogens is 454 g/mol. The summed E-state index contributed by atoms with van der Waals surface area (Å²) >= 11 is 0. The molecule has 0 unspecified atom stereocenters. The maximum atomic E-state index is 12.8. The number of anilines is 1. The maximum Gasteiger partial charge on any atom is 0.272 e. The molecule has 3 aromatic heterocycles. The smallest absolute Gasteiger partial charge is 0.272 e. The first-order chi connectivity index (χ1) is 17.6. The van der Waals surface area contributed by atoms with Gasteiger partial charge >= 0.3 is 0 Å². The van der Waals surface area contributed by atoms with Gasteiger partial charge in [-0.2, -0.15) is 5.26 Å². The van der Waals surface area contributed by atoms with Crippen LogP contribution in [0.15, 0.2) is 55.1 Å². The molecule has 1 fully saturated rings. The number of terminal acetylenes is 1. The third-order valence-corrected chi connectivity index (χ3v) is 5.81. The number of rotatable bonds is 6. The summed E-state index contributed by atoms with van der Waals surface area (Å²) in [6.07, 6.45) is 11.4. The van der Waals surface area contributed by atoms with Crippen LogP contribution < -0.4 is 15.4 Å². The molecule has 0 aromatic carbocycles. The molecule has 4 rings (SSSR count). The van der Waals surface area contributed by atoms with E-state index in [1.54, 1.807) is 29.4 Å². The lowest BCUT2D eigenvalue weighted by Gasteiger charge is -2.35. The maximum absolute atomic E-state index is 12.8. The van der Waals surface area contributed by atoms with Crippen molar-refractivity contribution in [2.75, 3.05) is 37.7 Å². The molecule has 0 spiro atoms. The first-order valence-electron chi connectivity index (χ1n) is 11.5. The van der Waals surface area contributed by atoms with Gasteiger partial charge in [-0.3, -0.25) is 9.78 Å². The van der Waals surface area contributed by atoms with E-state index in [2.05, 4.69) is 31.8 Å². The van der Waals surface area contributed by atoms with Crippen molar-refractivity contribution in [1.29, 1.82) is 5.26 Å². The predicted octanol–water partition coefficient (Wildman–Crippen LogP) is 2.70. The fourth-order valence-corrected chi connectivity index (χ4v) is 3.93. The second-order valence-electron chi connectivity index (χ2n) is 7.95. The third-order valence-electron chi connectivity index (χ3n) is 5.81. The molecule has 36 heavy (non-hydrogen) atoms. The Hall–Kier alpha value is -4.89. The summed E-state index contributed by atoms with van der Waals surface area (Å²) in [5, 5.41) is 9.46. The Morgan fingerprint density at radius 3 is 2.53 bits per heavy atom. The van der Waals surface area contributed by atoms with E-state index < -0.39 is 0 Å². The summed E-state index contributed by atoms with van der Waals surface area (Å²) in [6, 6.07) is 11.1. The van der Waals surface area contributed by atoms with Crippen LogP contribution >= 0.6 is 0 Å². The van der Waals surface area contributed by atoms with Gasteiger partial charge in [0.15, 0.2) is 0 Å². The second kappa shape index (κ2) is 11.0. The number of carbonyl (C=O) groups excluding carboxylic acids is 1. The topological polar surface area (TPSA) is 121 Å². The summed E-state index contributed by atoms with van der Waals surface area (Å²) in [5.74, 6) is 3.78. The van der Waals surface area contributed by atoms with E-state index in [1.165, 1.54) is 12.4 Å². The molecule has 1 saturated heterocycles. The molecule has 2 N–H and O–H groups in total. The minimum atomic E-state index is -0.114. The first kappa shape index (κ1) is 24.2. The number of aromatic nitrogens is 3. The van der Waals surface area contributed by atoms with Crippen molar-refractivity contribution in [2.45, 2.75) is 6.92 Å². The zero-order valence-corrected chi connectivity index (χ0v) is 19.9. The lowest BCUT2D eigenvalue weighted by Crippen LogP contribution is -2.49. The molecule has 0 aliphatic carbocycles. The van der Waals surface area contributed by atoms with E-state index >= 15 is 0 Å². The minimum absolute atomic E-state index is 0.114. The van der Waals surface area contributed by atoms with Gasteiger partial charge in [0.05, 0.1) is 24.1 Å². The van der Waals surface area contributed by atoms with Crippen molar-refractivity contribution in [3.8, 4) is 35.3 Å². The molecule has 0 radical (unpaired) electrons. The zero-order chi connectivity index (χ0) is 25.5. The summed E-state index contributed by atoms with van der Waals surface area (Å²) < 4.78 is 5.59. The van der Waals surface area contributed by atoms with Gasteiger partial charge in [-0.1, -0.05) is 5.92 Å². The predicted molar refractivity (Wildman–Crippen MR) is 137 cm³/mol. The van der Waals surface area contributed by atoms with Gasteiger partial charge in [-0.05, 0) is 37.3 Å². The third kappa shape index (κ3) is 5.11. The molecule has 0 atom stereocenters. The summed E-state index contributed by atoms with van der Waals surface area (Å²) in [7, 11) is 0. The van der Waals surface area contributed by atoms with Gasteiger partial charge in [0.1, 0.15) is 23.3 Å². The van der Waals surface area contributed by atoms with E-state index in [9.17, 15) is 10.1 Å². The lowest BCUT2D eigenvalue weighted by atomic mass is 10.0. The number of piperazine rings is 1. The van der Waals surface area contributed by atoms with Gasteiger partial charge in [-0.25, -0.2) is 9.97 Å². The Bertz CT molecular complexity index is 1340. The molecule has 9 nitrogen and oxygen atoms in total. The van der Waals surface area contributed by atoms with E-state index in [1.807, 2.05) is 25.1 Å². The zero-order valence-electron chi connectivity index (χ0n) is 19.9. The van der Waals surface area contributed by atoms with Crippen LogP contribution in [-0.2, 0) is 0 Å². The molecule has 0 saturated carbocycles. The number of amides is 1. The normalized spacial score (nSPS) is 13.6. The van der Waals surface area contributed by atoms with E-state index in [0.717, 1.165) is 11.4 Å². The minimum Gasteiger partial charge on any atom is -0.492 e. The number of nitrogens with zero attached hydrogens (tertiary/aromatic N) is 6. The molecule has 3 aromatic rings. The molecule has 180 valence electrons. The van der Waals surface area contributed by atoms with Crippen LogP contribution in [0.1, 0.15) is 28.7 Å². The number of carbonyl (C=O) groups is 1. The number of nitriles is 1. The second-order valence-corrected chi connectivity index (χ2v) is 7.95. The van der Waals surface area contributed by atoms with Crippen LogP contribution in [0.5, 0.6) is 5.75 Å². The van der Waals surface area contributed by atoms with Crippen molar-refractivity contribution in [3.63, 3.8) is 0 Å². The van der Waals surface area contributed by atoms with Crippen LogP contribution in [0.3, 0.4) is 0 Å². The number of nitrogens with two attached hydrogens (primary N) is 1. The molecule has 9 heteroatoms. The Morgan fingerprint density at radius 2 is 1.94 bits per heavy atom. The number of hydrogen-bond donors (Lipinski definition) is 1. The van der Waals surface area contributed by atoms with Crippen LogP contribution in [0.4, 0.5) is 5.82 Å². The van der Waals surface area contributed by atoms with Crippen molar-refractivity contribution in [3.05, 3.63) is 72.1 Å². The van der Waals surface area contributed by atoms with Gasteiger partial charge in [0.2, 0.25) is 0 Å². The number of pyridine rings is 3. The van der Waals surface area contributed by atoms with Gasteiger partial charge in [0.25, 0.3) is 5.91 Å². The quantitative estimate of drug-likeness (QED) is 0.423. The molecular formula is C27H25N7O2. The molecule has 1 aliphatic rings. The standard InChI is InChI=1S/C27H25N7O2/c1-3-19-5-7-24(30-16-19)27(35)34-11-9-33(10-12-34)25-8-6-20(17-31-25)23-13-22(36-4-2)18-32-26(23)21(14-28)15-29/h1,5-8,13-14,16-18H,4,9-12,28H2,2H3. The SMILES string of the molecule is C#Cc1ccc(C(=O)N2CCN(c3ccc(-c4cc(OCC)cnc4C(C#N)=CN)cn3)CC2)nc1. The first-order valence-corrected chi connectivity index (χ1v) is 11.5. The fourth-order valence-electron chi connectivity index (χ4n) is 3.93. The highest BCUT2D eigenvalue weighted by molar-refractivity contribution is 5.92. The fraction of sp³-hybridized carbons (Fsp3) is 0.222. The Morgan fingerprint density at radius 1 is 1.14 bits per heavy atom. The average Bonchev–Trinajstić information content (AvgIpc) is 2.94.